The molecule has 3 amide bonds. The van der Waals surface area contributed by atoms with Crippen molar-refractivity contribution in [2.24, 2.45) is 0 Å². The van der Waals surface area contributed by atoms with Gasteiger partial charge in [-0.25, -0.2) is 4.79 Å². The van der Waals surface area contributed by atoms with Crippen molar-refractivity contribution >= 4 is 41.0 Å². The number of urea groups is 1. The van der Waals surface area contributed by atoms with Gasteiger partial charge < -0.3 is 20.1 Å². The van der Waals surface area contributed by atoms with Crippen LogP contribution in [0.1, 0.15) is 24.3 Å². The molecule has 3 rings (SSSR count). The minimum absolute atomic E-state index is 0.274. The quantitative estimate of drug-likeness (QED) is 0.825. The van der Waals surface area contributed by atoms with E-state index in [1.165, 1.54) is 4.90 Å². The number of amides is 3. The highest BCUT2D eigenvalue weighted by Crippen LogP contribution is 2.38. The zero-order valence-corrected chi connectivity index (χ0v) is 15.8. The van der Waals surface area contributed by atoms with Crippen LogP contribution in [0.2, 0.25) is 10.0 Å². The van der Waals surface area contributed by atoms with Crippen LogP contribution in [0.5, 0.6) is 0 Å². The summed E-state index contributed by atoms with van der Waals surface area (Å²) >= 11 is 12.6. The van der Waals surface area contributed by atoms with Crippen LogP contribution in [-0.4, -0.2) is 29.0 Å². The topological polar surface area (TPSA) is 87.5 Å². The molecular formula is C17H16Cl2N4O3. The second-order valence-electron chi connectivity index (χ2n) is 5.85. The molecule has 0 bridgehead atoms. The van der Waals surface area contributed by atoms with E-state index in [4.69, 9.17) is 27.7 Å². The Bertz CT molecular complexity index is 902. The van der Waals surface area contributed by atoms with Gasteiger partial charge in [0.2, 0.25) is 0 Å². The van der Waals surface area contributed by atoms with Crippen LogP contribution in [0, 0.1) is 6.92 Å². The highest BCUT2D eigenvalue weighted by molar-refractivity contribution is 6.36. The number of halogens is 2. The van der Waals surface area contributed by atoms with Crippen LogP contribution < -0.4 is 10.6 Å². The number of aryl methyl sites for hydroxylation is 1. The third kappa shape index (κ3) is 3.27. The van der Waals surface area contributed by atoms with Crippen LogP contribution in [0.3, 0.4) is 0 Å². The van der Waals surface area contributed by atoms with E-state index in [1.54, 1.807) is 45.2 Å². The minimum atomic E-state index is -0.798. The fourth-order valence-corrected chi connectivity index (χ4v) is 3.36. The number of aromatic nitrogens is 1. The van der Waals surface area contributed by atoms with Gasteiger partial charge in [0.05, 0.1) is 11.6 Å². The Morgan fingerprint density at radius 1 is 1.31 bits per heavy atom. The SMILES string of the molecule is CC1=C(C(=O)Nc2cc(C)on2)[C@H](c2c(Cl)cccc2Cl)NC(=O)N1C. The van der Waals surface area contributed by atoms with Gasteiger partial charge in [-0.05, 0) is 26.0 Å². The molecule has 1 aliphatic rings. The molecule has 7 nitrogen and oxygen atoms in total. The van der Waals surface area contributed by atoms with Crippen molar-refractivity contribution in [2.45, 2.75) is 19.9 Å². The predicted octanol–water partition coefficient (Wildman–Crippen LogP) is 3.90. The zero-order valence-electron chi connectivity index (χ0n) is 14.3. The summed E-state index contributed by atoms with van der Waals surface area (Å²) in [4.78, 5) is 26.6. The molecule has 0 spiro atoms. The molecule has 2 heterocycles. The maximum absolute atomic E-state index is 12.9. The summed E-state index contributed by atoms with van der Waals surface area (Å²) in [5, 5.41) is 9.90. The van der Waals surface area contributed by atoms with Gasteiger partial charge >= 0.3 is 6.03 Å². The number of benzene rings is 1. The number of anilines is 1. The number of carbonyl (C=O) groups excluding carboxylic acids is 2. The van der Waals surface area contributed by atoms with E-state index < -0.39 is 11.9 Å². The molecule has 2 aromatic rings. The Morgan fingerprint density at radius 3 is 2.54 bits per heavy atom. The van der Waals surface area contributed by atoms with Crippen molar-refractivity contribution in [1.82, 2.24) is 15.4 Å². The molecule has 26 heavy (non-hydrogen) atoms. The Labute approximate surface area is 159 Å². The van der Waals surface area contributed by atoms with Crippen molar-refractivity contribution in [1.29, 1.82) is 0 Å². The van der Waals surface area contributed by atoms with E-state index in [9.17, 15) is 9.59 Å². The third-order valence-corrected chi connectivity index (χ3v) is 4.82. The van der Waals surface area contributed by atoms with Crippen molar-refractivity contribution < 1.29 is 14.1 Å². The first kappa shape index (κ1) is 18.3. The standard InChI is InChI=1S/C17H16Cl2N4O3/c1-8-7-12(22-26-8)20-16(24)13-9(2)23(3)17(25)21-15(13)14-10(18)5-4-6-11(14)19/h4-7,15H,1-3H3,(H,21,25)(H,20,22,24)/t15-/m1/s1. The smallest absolute Gasteiger partial charge is 0.322 e. The van der Waals surface area contributed by atoms with E-state index in [0.29, 0.717) is 32.6 Å². The summed E-state index contributed by atoms with van der Waals surface area (Å²) < 4.78 is 4.96. The summed E-state index contributed by atoms with van der Waals surface area (Å²) in [7, 11) is 1.57. The summed E-state index contributed by atoms with van der Waals surface area (Å²) in [5.74, 6) is 0.394. The van der Waals surface area contributed by atoms with E-state index in [0.717, 1.165) is 0 Å². The largest absolute Gasteiger partial charge is 0.360 e. The van der Waals surface area contributed by atoms with Crippen molar-refractivity contribution in [3.05, 3.63) is 56.9 Å². The fraction of sp³-hybridized carbons (Fsp3) is 0.235. The van der Waals surface area contributed by atoms with Crippen LogP contribution in [-0.2, 0) is 4.79 Å². The zero-order chi connectivity index (χ0) is 19.0. The van der Waals surface area contributed by atoms with Crippen molar-refractivity contribution in [3.8, 4) is 0 Å². The highest BCUT2D eigenvalue weighted by atomic mass is 35.5. The van der Waals surface area contributed by atoms with E-state index in [1.807, 2.05) is 0 Å². The average Bonchev–Trinajstić information content (AvgIpc) is 2.97. The molecule has 1 aliphatic heterocycles. The number of allylic oxidation sites excluding steroid dienone is 1. The molecule has 136 valence electrons. The van der Waals surface area contributed by atoms with Crippen LogP contribution in [0.15, 0.2) is 40.1 Å². The Kier molecular flexibility index (Phi) is 4.93. The van der Waals surface area contributed by atoms with Gasteiger partial charge in [0, 0.05) is 34.4 Å². The maximum atomic E-state index is 12.9. The fourth-order valence-electron chi connectivity index (χ4n) is 2.74. The first-order chi connectivity index (χ1) is 12.3. The van der Waals surface area contributed by atoms with E-state index in [-0.39, 0.29) is 11.8 Å². The number of hydrogen-bond acceptors (Lipinski definition) is 4. The van der Waals surface area contributed by atoms with Gasteiger partial charge in [-0.2, -0.15) is 0 Å². The van der Waals surface area contributed by atoms with Crippen molar-refractivity contribution in [2.75, 3.05) is 12.4 Å². The second-order valence-corrected chi connectivity index (χ2v) is 6.67. The van der Waals surface area contributed by atoms with Gasteiger partial charge in [0.1, 0.15) is 5.76 Å². The van der Waals surface area contributed by atoms with Gasteiger partial charge in [-0.3, -0.25) is 4.79 Å². The first-order valence-electron chi connectivity index (χ1n) is 7.73. The summed E-state index contributed by atoms with van der Waals surface area (Å²) in [6, 6.07) is 5.43. The van der Waals surface area contributed by atoms with Crippen LogP contribution in [0.25, 0.3) is 0 Å². The molecule has 0 saturated carbocycles. The second kappa shape index (κ2) is 7.01. The first-order valence-corrected chi connectivity index (χ1v) is 8.48. The molecule has 1 aromatic heterocycles. The lowest BCUT2D eigenvalue weighted by Gasteiger charge is -2.34. The molecule has 9 heteroatoms. The van der Waals surface area contributed by atoms with Gasteiger partial charge in [-0.1, -0.05) is 34.4 Å². The van der Waals surface area contributed by atoms with Crippen LogP contribution in [0.4, 0.5) is 10.6 Å². The van der Waals surface area contributed by atoms with E-state index >= 15 is 0 Å². The number of rotatable bonds is 3. The van der Waals surface area contributed by atoms with Gasteiger partial charge in [0.25, 0.3) is 5.91 Å². The molecule has 0 fully saturated rings. The lowest BCUT2D eigenvalue weighted by atomic mass is 9.94. The molecular weight excluding hydrogens is 379 g/mol. The summed E-state index contributed by atoms with van der Waals surface area (Å²) in [6.45, 7) is 3.40. The maximum Gasteiger partial charge on any atom is 0.322 e. The van der Waals surface area contributed by atoms with Crippen molar-refractivity contribution in [3.63, 3.8) is 0 Å². The summed E-state index contributed by atoms with van der Waals surface area (Å²) in [5.41, 5.74) is 1.24. The normalized spacial score (nSPS) is 17.3. The molecule has 1 atom stereocenters. The molecule has 0 saturated heterocycles. The lowest BCUT2D eigenvalue weighted by Crippen LogP contribution is -2.47. The molecule has 1 aromatic carbocycles. The molecule has 0 radical (unpaired) electrons. The number of nitrogens with one attached hydrogen (secondary N) is 2. The average molecular weight is 395 g/mol. The Morgan fingerprint density at radius 2 is 1.96 bits per heavy atom. The summed E-state index contributed by atoms with van der Waals surface area (Å²) in [6.07, 6.45) is 0. The highest BCUT2D eigenvalue weighted by Gasteiger charge is 2.36. The van der Waals surface area contributed by atoms with Gasteiger partial charge in [-0.15, -0.1) is 0 Å². The molecule has 2 N–H and O–H groups in total. The third-order valence-electron chi connectivity index (χ3n) is 4.16. The number of nitrogens with zero attached hydrogens (tertiary/aromatic N) is 2. The molecule has 0 aliphatic carbocycles. The predicted molar refractivity (Wildman–Crippen MR) is 98.1 cm³/mol. The Balaban J connectivity index is 2.07. The van der Waals surface area contributed by atoms with Crippen LogP contribution >= 0.6 is 23.2 Å². The minimum Gasteiger partial charge on any atom is -0.360 e. The van der Waals surface area contributed by atoms with E-state index in [2.05, 4.69) is 15.8 Å². The number of carbonyl (C=O) groups is 2. The number of hydrogen-bond donors (Lipinski definition) is 2. The lowest BCUT2D eigenvalue weighted by molar-refractivity contribution is -0.113. The monoisotopic (exact) mass is 394 g/mol. The Hall–Kier alpha value is -2.51. The molecule has 0 unspecified atom stereocenters. The van der Waals surface area contributed by atoms with Gasteiger partial charge in [0.15, 0.2) is 5.82 Å².